The predicted octanol–water partition coefficient (Wildman–Crippen LogP) is 5.24. The van der Waals surface area contributed by atoms with E-state index in [0.29, 0.717) is 5.02 Å². The van der Waals surface area contributed by atoms with Gasteiger partial charge in [0.2, 0.25) is 0 Å². The third-order valence-electron chi connectivity index (χ3n) is 4.13. The van der Waals surface area contributed by atoms with Crippen molar-refractivity contribution in [2.24, 2.45) is 4.99 Å². The summed E-state index contributed by atoms with van der Waals surface area (Å²) >= 11 is 6.07. The molecule has 0 fully saturated rings. The molecule has 0 atom stereocenters. The van der Waals surface area contributed by atoms with Crippen LogP contribution in [0.15, 0.2) is 65.9 Å². The van der Waals surface area contributed by atoms with E-state index in [9.17, 15) is 0 Å². The Kier molecular flexibility index (Phi) is 4.95. The number of nitrogens with one attached hydrogen (secondary N) is 2. The van der Waals surface area contributed by atoms with Gasteiger partial charge in [0.05, 0.1) is 17.4 Å². The molecule has 4 aromatic rings. The zero-order valence-corrected chi connectivity index (χ0v) is 16.3. The van der Waals surface area contributed by atoms with Gasteiger partial charge in [-0.1, -0.05) is 29.8 Å². The van der Waals surface area contributed by atoms with Crippen LogP contribution in [-0.4, -0.2) is 40.3 Å². The molecular formula is C21H19ClN6. The van der Waals surface area contributed by atoms with Crippen LogP contribution in [0.2, 0.25) is 5.02 Å². The predicted molar refractivity (Wildman–Crippen MR) is 116 cm³/mol. The van der Waals surface area contributed by atoms with E-state index in [2.05, 4.69) is 25.3 Å². The molecule has 0 saturated heterocycles. The van der Waals surface area contributed by atoms with Crippen molar-refractivity contribution >= 4 is 46.2 Å². The van der Waals surface area contributed by atoms with Crippen molar-refractivity contribution in [1.29, 1.82) is 0 Å². The fourth-order valence-corrected chi connectivity index (χ4v) is 3.00. The van der Waals surface area contributed by atoms with Gasteiger partial charge in [-0.15, -0.1) is 0 Å². The number of anilines is 2. The number of benzene rings is 2. The fourth-order valence-electron chi connectivity index (χ4n) is 2.81. The summed E-state index contributed by atoms with van der Waals surface area (Å²) in [5.41, 5.74) is 4.56. The Bertz CT molecular complexity index is 1130. The Morgan fingerprint density at radius 2 is 1.89 bits per heavy atom. The van der Waals surface area contributed by atoms with Gasteiger partial charge in [-0.2, -0.15) is 0 Å². The summed E-state index contributed by atoms with van der Waals surface area (Å²) in [5.74, 6) is 0.724. The average Bonchev–Trinajstić information content (AvgIpc) is 3.12. The standard InChI is InChI=1S/C21H19ClN6/c1-28(2)13-25-16-8-6-14(7-9-16)19-11-18-20(23-12-24-21(18)27-19)26-17-5-3-4-15(22)10-17/h3-13H,1-2H3,(H2,23,24,26,27). The molecule has 4 rings (SSSR count). The fraction of sp³-hybridized carbons (Fsp3) is 0.0952. The van der Waals surface area contributed by atoms with Crippen LogP contribution >= 0.6 is 11.6 Å². The topological polar surface area (TPSA) is 69.2 Å². The maximum atomic E-state index is 6.07. The Morgan fingerprint density at radius 3 is 2.64 bits per heavy atom. The summed E-state index contributed by atoms with van der Waals surface area (Å²) in [6.45, 7) is 0. The Hall–Kier alpha value is -3.38. The number of hydrogen-bond donors (Lipinski definition) is 2. The Morgan fingerprint density at radius 1 is 1.07 bits per heavy atom. The number of halogens is 1. The van der Waals surface area contributed by atoms with E-state index >= 15 is 0 Å². The van der Waals surface area contributed by atoms with E-state index in [1.807, 2.05) is 73.6 Å². The molecule has 0 spiro atoms. The van der Waals surface area contributed by atoms with Gasteiger partial charge < -0.3 is 15.2 Å². The number of H-pyrrole nitrogens is 1. The van der Waals surface area contributed by atoms with Gasteiger partial charge in [-0.3, -0.25) is 0 Å². The molecule has 6 nitrogen and oxygen atoms in total. The summed E-state index contributed by atoms with van der Waals surface area (Å²) in [7, 11) is 3.89. The largest absolute Gasteiger partial charge is 0.369 e. The van der Waals surface area contributed by atoms with Gasteiger partial charge in [0.25, 0.3) is 0 Å². The zero-order chi connectivity index (χ0) is 19.5. The molecule has 0 aliphatic carbocycles. The van der Waals surface area contributed by atoms with Crippen molar-refractivity contribution in [3.05, 3.63) is 65.9 Å². The minimum absolute atomic E-state index is 0.669. The van der Waals surface area contributed by atoms with Crippen LogP contribution in [0.3, 0.4) is 0 Å². The van der Waals surface area contributed by atoms with E-state index in [4.69, 9.17) is 11.6 Å². The lowest BCUT2D eigenvalue weighted by molar-refractivity contribution is 0.643. The van der Waals surface area contributed by atoms with Crippen molar-refractivity contribution < 1.29 is 0 Å². The van der Waals surface area contributed by atoms with Crippen LogP contribution in [0.25, 0.3) is 22.3 Å². The summed E-state index contributed by atoms with van der Waals surface area (Å²) in [6.07, 6.45) is 3.32. The van der Waals surface area contributed by atoms with Crippen LogP contribution in [0, 0.1) is 0 Å². The van der Waals surface area contributed by atoms with Crippen molar-refractivity contribution in [3.8, 4) is 11.3 Å². The van der Waals surface area contributed by atoms with Crippen LogP contribution in [0.5, 0.6) is 0 Å². The lowest BCUT2D eigenvalue weighted by Gasteiger charge is -2.06. The number of aromatic amines is 1. The highest BCUT2D eigenvalue weighted by molar-refractivity contribution is 6.30. The molecule has 2 heterocycles. The molecule has 7 heteroatoms. The maximum Gasteiger partial charge on any atom is 0.143 e. The summed E-state index contributed by atoms with van der Waals surface area (Å²) < 4.78 is 0. The quantitative estimate of drug-likeness (QED) is 0.361. The van der Waals surface area contributed by atoms with Crippen molar-refractivity contribution in [2.75, 3.05) is 19.4 Å². The number of nitrogens with zero attached hydrogens (tertiary/aromatic N) is 4. The van der Waals surface area contributed by atoms with E-state index < -0.39 is 0 Å². The zero-order valence-electron chi connectivity index (χ0n) is 15.5. The highest BCUT2D eigenvalue weighted by Gasteiger charge is 2.10. The van der Waals surface area contributed by atoms with Crippen LogP contribution in [0.4, 0.5) is 17.2 Å². The molecule has 28 heavy (non-hydrogen) atoms. The number of aromatic nitrogens is 3. The second kappa shape index (κ2) is 7.70. The number of aliphatic imine (C=N–C) groups is 1. The molecule has 0 bridgehead atoms. The first-order valence-corrected chi connectivity index (χ1v) is 9.14. The normalized spacial score (nSPS) is 11.2. The van der Waals surface area contributed by atoms with Gasteiger partial charge in [0.15, 0.2) is 0 Å². The second-order valence-electron chi connectivity index (χ2n) is 6.56. The van der Waals surface area contributed by atoms with Gasteiger partial charge in [-0.25, -0.2) is 15.0 Å². The lowest BCUT2D eigenvalue weighted by Crippen LogP contribution is -2.06. The van der Waals surface area contributed by atoms with Gasteiger partial charge in [-0.05, 0) is 42.0 Å². The molecule has 0 aliphatic heterocycles. The van der Waals surface area contributed by atoms with Crippen LogP contribution in [0.1, 0.15) is 0 Å². The number of fused-ring (bicyclic) bond motifs is 1. The molecule has 0 amide bonds. The van der Waals surface area contributed by atoms with Crippen molar-refractivity contribution in [2.45, 2.75) is 0 Å². The third-order valence-corrected chi connectivity index (χ3v) is 4.36. The van der Waals surface area contributed by atoms with E-state index in [1.54, 1.807) is 6.34 Å². The molecule has 2 aromatic carbocycles. The molecule has 140 valence electrons. The number of hydrogen-bond acceptors (Lipinski definition) is 4. The smallest absolute Gasteiger partial charge is 0.143 e. The van der Waals surface area contributed by atoms with Crippen LogP contribution < -0.4 is 5.32 Å². The second-order valence-corrected chi connectivity index (χ2v) is 6.99. The average molecular weight is 391 g/mol. The number of rotatable bonds is 5. The minimum atomic E-state index is 0.669. The van der Waals surface area contributed by atoms with Crippen molar-refractivity contribution in [1.82, 2.24) is 19.9 Å². The van der Waals surface area contributed by atoms with Crippen LogP contribution in [-0.2, 0) is 0 Å². The molecular weight excluding hydrogens is 372 g/mol. The first-order chi connectivity index (χ1) is 13.6. The Balaban J connectivity index is 1.65. The van der Waals surface area contributed by atoms with E-state index in [-0.39, 0.29) is 0 Å². The van der Waals surface area contributed by atoms with Gasteiger partial charge >= 0.3 is 0 Å². The highest BCUT2D eigenvalue weighted by Crippen LogP contribution is 2.29. The molecule has 0 saturated carbocycles. The molecule has 0 unspecified atom stereocenters. The minimum Gasteiger partial charge on any atom is -0.369 e. The summed E-state index contributed by atoms with van der Waals surface area (Å²) in [4.78, 5) is 18.4. The lowest BCUT2D eigenvalue weighted by atomic mass is 10.1. The van der Waals surface area contributed by atoms with Crippen molar-refractivity contribution in [3.63, 3.8) is 0 Å². The molecule has 2 aromatic heterocycles. The highest BCUT2D eigenvalue weighted by atomic mass is 35.5. The molecule has 0 radical (unpaired) electrons. The maximum absolute atomic E-state index is 6.07. The summed E-state index contributed by atoms with van der Waals surface area (Å²) in [6, 6.07) is 17.6. The van der Waals surface area contributed by atoms with Gasteiger partial charge in [0.1, 0.15) is 17.8 Å². The Labute approximate surface area is 167 Å². The monoisotopic (exact) mass is 390 g/mol. The third kappa shape index (κ3) is 3.97. The molecule has 2 N–H and O–H groups in total. The van der Waals surface area contributed by atoms with E-state index in [1.165, 1.54) is 6.33 Å². The molecule has 0 aliphatic rings. The summed E-state index contributed by atoms with van der Waals surface area (Å²) in [5, 5.41) is 4.89. The first-order valence-electron chi connectivity index (χ1n) is 8.76. The van der Waals surface area contributed by atoms with E-state index in [0.717, 1.165) is 39.5 Å². The SMILES string of the molecule is CN(C)C=Nc1ccc(-c2cc3c(Nc4cccc(Cl)c4)ncnc3[nH]2)cc1. The van der Waals surface area contributed by atoms with Gasteiger partial charge in [0, 0.05) is 30.5 Å². The first kappa shape index (κ1) is 18.0.